The molecule has 0 radical (unpaired) electrons. The number of rotatable bonds is 2. The van der Waals surface area contributed by atoms with Gasteiger partial charge in [0.2, 0.25) is 0 Å². The van der Waals surface area contributed by atoms with Crippen LogP contribution in [0.5, 0.6) is 0 Å². The molecule has 0 saturated carbocycles. The molecule has 0 bridgehead atoms. The lowest BCUT2D eigenvalue weighted by Crippen LogP contribution is -2.50. The van der Waals surface area contributed by atoms with Crippen LogP contribution in [0.1, 0.15) is 23.0 Å². The van der Waals surface area contributed by atoms with Crippen LogP contribution in [0, 0.1) is 6.92 Å². The summed E-state index contributed by atoms with van der Waals surface area (Å²) in [6, 6.07) is 3.64. The number of piperazine rings is 1. The van der Waals surface area contributed by atoms with Gasteiger partial charge in [-0.15, -0.1) is 0 Å². The first-order valence-electron chi connectivity index (χ1n) is 7.75. The maximum Gasteiger partial charge on any atom is 0.409 e. The van der Waals surface area contributed by atoms with E-state index in [-0.39, 0.29) is 12.0 Å². The largest absolute Gasteiger partial charge is 0.450 e. The third kappa shape index (κ3) is 2.99. The number of imidazole rings is 1. The second-order valence-corrected chi connectivity index (χ2v) is 5.51. The average Bonchev–Trinajstić information content (AvgIpc) is 2.94. The number of aryl methyl sites for hydroxylation is 1. The van der Waals surface area contributed by atoms with Crippen molar-refractivity contribution in [2.75, 3.05) is 32.8 Å². The fraction of sp³-hybridized carbons (Fsp3) is 0.438. The zero-order valence-electron chi connectivity index (χ0n) is 13.4. The number of carbonyl (C=O) groups is 2. The normalized spacial score (nSPS) is 15.0. The molecule has 3 rings (SSSR count). The van der Waals surface area contributed by atoms with Crippen LogP contribution in [0.25, 0.3) is 5.65 Å². The number of amides is 2. The Balaban J connectivity index is 1.73. The first kappa shape index (κ1) is 15.3. The maximum atomic E-state index is 12.8. The van der Waals surface area contributed by atoms with E-state index in [2.05, 4.69) is 4.98 Å². The minimum absolute atomic E-state index is 0.0512. The second-order valence-electron chi connectivity index (χ2n) is 5.51. The smallest absolute Gasteiger partial charge is 0.409 e. The standard InChI is InChI=1S/C16H20N4O3/c1-3-23-16(22)19-9-7-18(8-10-19)15(21)13-5-4-6-20-11-12(2)17-14(13)20/h4-6,11H,3,7-10H2,1-2H3. The highest BCUT2D eigenvalue weighted by atomic mass is 16.6. The van der Waals surface area contributed by atoms with Crippen molar-refractivity contribution in [3.8, 4) is 0 Å². The van der Waals surface area contributed by atoms with E-state index in [0.717, 1.165) is 5.69 Å². The molecule has 2 aromatic heterocycles. The number of pyridine rings is 1. The Morgan fingerprint density at radius 1 is 1.22 bits per heavy atom. The van der Waals surface area contributed by atoms with Gasteiger partial charge in [-0.05, 0) is 26.0 Å². The molecule has 1 saturated heterocycles. The molecule has 0 unspecified atom stereocenters. The zero-order valence-corrected chi connectivity index (χ0v) is 13.4. The van der Waals surface area contributed by atoms with Crippen LogP contribution >= 0.6 is 0 Å². The lowest BCUT2D eigenvalue weighted by molar-refractivity contribution is 0.0571. The molecule has 2 aromatic rings. The van der Waals surface area contributed by atoms with Crippen molar-refractivity contribution in [2.24, 2.45) is 0 Å². The predicted molar refractivity (Wildman–Crippen MR) is 84.4 cm³/mol. The predicted octanol–water partition coefficient (Wildman–Crippen LogP) is 1.56. The molecule has 122 valence electrons. The number of fused-ring (bicyclic) bond motifs is 1. The summed E-state index contributed by atoms with van der Waals surface area (Å²) < 4.78 is 6.85. The van der Waals surface area contributed by atoms with Crippen LogP contribution in [-0.4, -0.2) is 64.0 Å². The van der Waals surface area contributed by atoms with E-state index < -0.39 is 0 Å². The molecule has 0 aromatic carbocycles. The van der Waals surface area contributed by atoms with Crippen molar-refractivity contribution in [3.63, 3.8) is 0 Å². The van der Waals surface area contributed by atoms with Crippen molar-refractivity contribution < 1.29 is 14.3 Å². The van der Waals surface area contributed by atoms with Gasteiger partial charge in [-0.2, -0.15) is 0 Å². The summed E-state index contributed by atoms with van der Waals surface area (Å²) in [6.07, 6.45) is 3.46. The van der Waals surface area contributed by atoms with Crippen molar-refractivity contribution in [2.45, 2.75) is 13.8 Å². The third-order valence-corrected chi connectivity index (χ3v) is 3.93. The number of hydrogen-bond acceptors (Lipinski definition) is 4. The third-order valence-electron chi connectivity index (χ3n) is 3.93. The van der Waals surface area contributed by atoms with E-state index in [1.165, 1.54) is 0 Å². The molecular formula is C16H20N4O3. The molecule has 0 atom stereocenters. The van der Waals surface area contributed by atoms with Gasteiger partial charge in [0, 0.05) is 38.6 Å². The van der Waals surface area contributed by atoms with Gasteiger partial charge < -0.3 is 18.9 Å². The number of nitrogens with zero attached hydrogens (tertiary/aromatic N) is 4. The van der Waals surface area contributed by atoms with Crippen LogP contribution in [0.4, 0.5) is 4.79 Å². The Kier molecular flexibility index (Phi) is 4.18. The molecule has 23 heavy (non-hydrogen) atoms. The van der Waals surface area contributed by atoms with Crippen LogP contribution in [0.2, 0.25) is 0 Å². The van der Waals surface area contributed by atoms with Crippen molar-refractivity contribution in [1.82, 2.24) is 19.2 Å². The van der Waals surface area contributed by atoms with Crippen molar-refractivity contribution in [1.29, 1.82) is 0 Å². The number of carbonyl (C=O) groups excluding carboxylic acids is 2. The average molecular weight is 316 g/mol. The summed E-state index contributed by atoms with van der Waals surface area (Å²) in [4.78, 5) is 32.3. The Bertz CT molecular complexity index is 732. The molecule has 1 aliphatic heterocycles. The Morgan fingerprint density at radius 2 is 1.91 bits per heavy atom. The molecule has 0 N–H and O–H groups in total. The number of ether oxygens (including phenoxy) is 1. The molecule has 0 spiro atoms. The van der Waals surface area contributed by atoms with E-state index >= 15 is 0 Å². The zero-order chi connectivity index (χ0) is 16.4. The molecular weight excluding hydrogens is 296 g/mol. The minimum Gasteiger partial charge on any atom is -0.450 e. The van der Waals surface area contributed by atoms with Gasteiger partial charge in [-0.25, -0.2) is 9.78 Å². The topological polar surface area (TPSA) is 67.2 Å². The minimum atomic E-state index is -0.314. The Morgan fingerprint density at radius 3 is 2.61 bits per heavy atom. The molecule has 1 aliphatic rings. The number of hydrogen-bond donors (Lipinski definition) is 0. The highest BCUT2D eigenvalue weighted by molar-refractivity contribution is 6.00. The van der Waals surface area contributed by atoms with Gasteiger partial charge in [0.1, 0.15) is 5.65 Å². The molecule has 1 fully saturated rings. The van der Waals surface area contributed by atoms with Gasteiger partial charge in [-0.1, -0.05) is 0 Å². The van der Waals surface area contributed by atoms with E-state index in [1.54, 1.807) is 22.8 Å². The second kappa shape index (κ2) is 6.28. The van der Waals surface area contributed by atoms with E-state index in [4.69, 9.17) is 4.74 Å². The fourth-order valence-electron chi connectivity index (χ4n) is 2.78. The van der Waals surface area contributed by atoms with Crippen LogP contribution in [0.15, 0.2) is 24.5 Å². The van der Waals surface area contributed by atoms with Gasteiger partial charge in [0.15, 0.2) is 0 Å². The Labute approximate surface area is 134 Å². The lowest BCUT2D eigenvalue weighted by atomic mass is 10.2. The van der Waals surface area contributed by atoms with E-state index in [9.17, 15) is 9.59 Å². The fourth-order valence-corrected chi connectivity index (χ4v) is 2.78. The maximum absolute atomic E-state index is 12.8. The van der Waals surface area contributed by atoms with Crippen LogP contribution in [0.3, 0.4) is 0 Å². The lowest BCUT2D eigenvalue weighted by Gasteiger charge is -2.34. The van der Waals surface area contributed by atoms with E-state index in [1.807, 2.05) is 29.8 Å². The summed E-state index contributed by atoms with van der Waals surface area (Å²) in [5.74, 6) is -0.0512. The summed E-state index contributed by atoms with van der Waals surface area (Å²) in [5, 5.41) is 0. The summed E-state index contributed by atoms with van der Waals surface area (Å²) in [5.41, 5.74) is 2.13. The van der Waals surface area contributed by atoms with Gasteiger partial charge >= 0.3 is 6.09 Å². The highest BCUT2D eigenvalue weighted by Gasteiger charge is 2.26. The van der Waals surface area contributed by atoms with Gasteiger partial charge in [0.25, 0.3) is 5.91 Å². The highest BCUT2D eigenvalue weighted by Crippen LogP contribution is 2.15. The monoisotopic (exact) mass is 316 g/mol. The van der Waals surface area contributed by atoms with Crippen LogP contribution < -0.4 is 0 Å². The molecule has 7 nitrogen and oxygen atoms in total. The van der Waals surface area contributed by atoms with Gasteiger partial charge in [0.05, 0.1) is 17.9 Å². The first-order valence-corrected chi connectivity index (χ1v) is 7.75. The SMILES string of the molecule is CCOC(=O)N1CCN(C(=O)c2cccn3cc(C)nc23)CC1. The molecule has 7 heteroatoms. The number of aromatic nitrogens is 2. The summed E-state index contributed by atoms with van der Waals surface area (Å²) >= 11 is 0. The summed E-state index contributed by atoms with van der Waals surface area (Å²) in [6.45, 7) is 6.02. The van der Waals surface area contributed by atoms with Gasteiger partial charge in [-0.3, -0.25) is 4.79 Å². The molecule has 0 aliphatic carbocycles. The van der Waals surface area contributed by atoms with Crippen LogP contribution in [-0.2, 0) is 4.74 Å². The van der Waals surface area contributed by atoms with Crippen molar-refractivity contribution >= 4 is 17.6 Å². The Hall–Kier alpha value is -2.57. The molecule has 2 amide bonds. The van der Waals surface area contributed by atoms with Crippen molar-refractivity contribution in [3.05, 3.63) is 35.8 Å². The quantitative estimate of drug-likeness (QED) is 0.843. The summed E-state index contributed by atoms with van der Waals surface area (Å²) in [7, 11) is 0. The first-order chi connectivity index (χ1) is 11.1. The molecule has 3 heterocycles. The van der Waals surface area contributed by atoms with E-state index in [0.29, 0.717) is 44.0 Å².